The summed E-state index contributed by atoms with van der Waals surface area (Å²) in [6.07, 6.45) is -4.80. The second-order valence-electron chi connectivity index (χ2n) is 4.69. The van der Waals surface area contributed by atoms with Crippen molar-refractivity contribution in [1.82, 2.24) is 10.2 Å². The quantitative estimate of drug-likeness (QED) is 0.277. The van der Waals surface area contributed by atoms with Gasteiger partial charge in [-0.2, -0.15) is 18.3 Å². The van der Waals surface area contributed by atoms with Crippen LogP contribution in [0.2, 0.25) is 0 Å². The van der Waals surface area contributed by atoms with Crippen molar-refractivity contribution >= 4 is 11.6 Å². The summed E-state index contributed by atoms with van der Waals surface area (Å²) in [5, 5.41) is 19.6. The molecule has 0 fully saturated rings. The van der Waals surface area contributed by atoms with Crippen molar-refractivity contribution in [2.45, 2.75) is 12.2 Å². The summed E-state index contributed by atoms with van der Waals surface area (Å²) in [6.45, 7) is 0. The molecule has 0 spiro atoms. The van der Waals surface area contributed by atoms with Gasteiger partial charge in [0.25, 0.3) is 5.91 Å². The molecule has 25 heavy (non-hydrogen) atoms. The molecular formula is C12H8F3N7O3. The molecule has 0 saturated heterocycles. The van der Waals surface area contributed by atoms with Gasteiger partial charge in [0.05, 0.1) is 4.92 Å². The van der Waals surface area contributed by atoms with Crippen molar-refractivity contribution < 1.29 is 22.9 Å². The summed E-state index contributed by atoms with van der Waals surface area (Å²) in [6, 6.07) is 1.82. The number of amides is 1. The van der Waals surface area contributed by atoms with Crippen LogP contribution in [-0.4, -0.2) is 27.2 Å². The fourth-order valence-corrected chi connectivity index (χ4v) is 2.08. The first-order chi connectivity index (χ1) is 11.7. The minimum absolute atomic E-state index is 0.0704. The summed E-state index contributed by atoms with van der Waals surface area (Å²) in [5.41, 5.74) is 11.5. The van der Waals surface area contributed by atoms with Crippen molar-refractivity contribution in [3.63, 3.8) is 0 Å². The molecule has 13 heteroatoms. The molecule has 1 aromatic heterocycles. The van der Waals surface area contributed by atoms with E-state index in [2.05, 4.69) is 20.2 Å². The summed E-state index contributed by atoms with van der Waals surface area (Å²) in [7, 11) is 0. The molecule has 0 aliphatic heterocycles. The van der Waals surface area contributed by atoms with Crippen molar-refractivity contribution in [1.29, 1.82) is 0 Å². The number of benzene rings is 1. The van der Waals surface area contributed by atoms with Crippen LogP contribution in [0.15, 0.2) is 29.4 Å². The number of azide groups is 1. The number of halogens is 3. The number of H-pyrrole nitrogens is 1. The number of rotatable bonds is 5. The number of aromatic amines is 1. The molecule has 1 atom stereocenters. The molecule has 130 valence electrons. The molecule has 1 aromatic carbocycles. The smallest absolute Gasteiger partial charge is 0.364 e. The van der Waals surface area contributed by atoms with Crippen molar-refractivity contribution in [3.05, 3.63) is 56.1 Å². The molecule has 1 amide bonds. The van der Waals surface area contributed by atoms with Gasteiger partial charge in [0.1, 0.15) is 0 Å². The summed E-state index contributed by atoms with van der Waals surface area (Å²) < 4.78 is 38.6. The Hall–Kier alpha value is -3.60. The molecule has 0 aliphatic rings. The Morgan fingerprint density at radius 2 is 2.00 bits per heavy atom. The Balaban J connectivity index is 2.49. The summed E-state index contributed by atoms with van der Waals surface area (Å²) in [5.74, 6) is -1.11. The Labute approximate surface area is 136 Å². The zero-order valence-corrected chi connectivity index (χ0v) is 12.1. The largest absolute Gasteiger partial charge is 0.401 e. The van der Waals surface area contributed by atoms with E-state index in [1.807, 2.05) is 0 Å². The van der Waals surface area contributed by atoms with Crippen LogP contribution in [0.4, 0.5) is 18.9 Å². The Morgan fingerprint density at radius 3 is 2.44 bits per heavy atom. The maximum Gasteiger partial charge on any atom is 0.401 e. The highest BCUT2D eigenvalue weighted by Crippen LogP contribution is 2.37. The molecule has 0 saturated carbocycles. The third-order valence-corrected chi connectivity index (χ3v) is 3.15. The minimum Gasteiger partial charge on any atom is -0.364 e. The zero-order chi connectivity index (χ0) is 18.8. The highest BCUT2D eigenvalue weighted by Gasteiger charge is 2.40. The van der Waals surface area contributed by atoms with E-state index in [-0.39, 0.29) is 16.8 Å². The molecule has 2 aromatic rings. The van der Waals surface area contributed by atoms with Gasteiger partial charge in [-0.3, -0.25) is 20.0 Å². The molecule has 10 nitrogen and oxygen atoms in total. The first kappa shape index (κ1) is 17.7. The fourth-order valence-electron chi connectivity index (χ4n) is 2.08. The van der Waals surface area contributed by atoms with Gasteiger partial charge in [-0.05, 0) is 11.1 Å². The van der Waals surface area contributed by atoms with Crippen LogP contribution in [0.3, 0.4) is 0 Å². The van der Waals surface area contributed by atoms with Gasteiger partial charge < -0.3 is 5.73 Å². The lowest BCUT2D eigenvalue weighted by atomic mass is 10.0. The second kappa shape index (κ2) is 6.49. The van der Waals surface area contributed by atoms with E-state index >= 15 is 0 Å². The van der Waals surface area contributed by atoms with Crippen molar-refractivity contribution in [3.8, 4) is 11.3 Å². The number of carbonyl (C=O) groups is 1. The SMILES string of the molecule is [N-]=[N+]=N[C@@H](c1ccc(-c2n[nH]c(C(N)=O)c2[N+](=O)[O-])cc1)C(F)(F)F. The van der Waals surface area contributed by atoms with Gasteiger partial charge in [0, 0.05) is 10.5 Å². The summed E-state index contributed by atoms with van der Waals surface area (Å²) >= 11 is 0. The number of nitrogens with one attached hydrogen (secondary N) is 1. The molecule has 0 radical (unpaired) electrons. The fraction of sp³-hybridized carbons (Fsp3) is 0.167. The molecule has 1 heterocycles. The third-order valence-electron chi connectivity index (χ3n) is 3.15. The van der Waals surface area contributed by atoms with Crippen LogP contribution in [-0.2, 0) is 0 Å². The van der Waals surface area contributed by atoms with E-state index in [9.17, 15) is 28.1 Å². The lowest BCUT2D eigenvalue weighted by molar-refractivity contribution is -0.384. The molecule has 0 aliphatic carbocycles. The second-order valence-corrected chi connectivity index (χ2v) is 4.69. The summed E-state index contributed by atoms with van der Waals surface area (Å²) in [4.78, 5) is 23.6. The number of nitrogens with two attached hydrogens (primary N) is 1. The maximum absolute atomic E-state index is 12.9. The van der Waals surface area contributed by atoms with E-state index in [0.717, 1.165) is 24.3 Å². The van der Waals surface area contributed by atoms with Gasteiger partial charge in [0.15, 0.2) is 11.7 Å². The molecule has 2 rings (SSSR count). The van der Waals surface area contributed by atoms with E-state index in [0.29, 0.717) is 0 Å². The van der Waals surface area contributed by atoms with Crippen molar-refractivity contribution in [2.24, 2.45) is 10.8 Å². The average Bonchev–Trinajstić information content (AvgIpc) is 2.97. The lowest BCUT2D eigenvalue weighted by Crippen LogP contribution is -2.18. The first-order valence-electron chi connectivity index (χ1n) is 6.40. The normalized spacial score (nSPS) is 12.3. The van der Waals surface area contributed by atoms with Crippen LogP contribution in [0.1, 0.15) is 22.1 Å². The van der Waals surface area contributed by atoms with Gasteiger partial charge in [-0.25, -0.2) is 0 Å². The number of hydrogen-bond donors (Lipinski definition) is 2. The predicted octanol–water partition coefficient (Wildman–Crippen LogP) is 3.00. The van der Waals surface area contributed by atoms with Gasteiger partial charge in [-0.15, -0.1) is 0 Å². The van der Waals surface area contributed by atoms with Crippen LogP contribution >= 0.6 is 0 Å². The number of nitrogens with zero attached hydrogens (tertiary/aromatic N) is 5. The van der Waals surface area contributed by atoms with E-state index in [1.54, 1.807) is 0 Å². The van der Waals surface area contributed by atoms with Gasteiger partial charge in [-0.1, -0.05) is 29.4 Å². The number of primary amides is 1. The average molecular weight is 355 g/mol. The molecule has 0 bridgehead atoms. The van der Waals surface area contributed by atoms with E-state index < -0.39 is 34.4 Å². The number of alkyl halides is 3. The third kappa shape index (κ3) is 3.50. The first-order valence-corrected chi connectivity index (χ1v) is 6.40. The van der Waals surface area contributed by atoms with Crippen LogP contribution < -0.4 is 5.73 Å². The van der Waals surface area contributed by atoms with Gasteiger partial charge in [0.2, 0.25) is 5.69 Å². The monoisotopic (exact) mass is 355 g/mol. The predicted molar refractivity (Wildman–Crippen MR) is 77.1 cm³/mol. The highest BCUT2D eigenvalue weighted by molar-refractivity contribution is 5.97. The molecule has 0 unspecified atom stereocenters. The standard InChI is InChI=1S/C12H8F3N7O3/c13-12(14,15)10(20-21-17)6-3-1-5(2-4-6)7-9(22(24)25)8(11(16)23)19-18-7/h1-4,10H,(H2,16,23)(H,18,19)/t10-/m0/s1. The molecular weight excluding hydrogens is 347 g/mol. The lowest BCUT2D eigenvalue weighted by Gasteiger charge is -2.15. The van der Waals surface area contributed by atoms with E-state index in [4.69, 9.17) is 11.3 Å². The highest BCUT2D eigenvalue weighted by atomic mass is 19.4. The molecule has 3 N–H and O–H groups in total. The van der Waals surface area contributed by atoms with Crippen LogP contribution in [0, 0.1) is 10.1 Å². The van der Waals surface area contributed by atoms with Crippen LogP contribution in [0.5, 0.6) is 0 Å². The number of carbonyl (C=O) groups excluding carboxylic acids is 1. The number of hydrogen-bond acceptors (Lipinski definition) is 5. The number of aromatic nitrogens is 2. The maximum atomic E-state index is 12.9. The minimum atomic E-state index is -4.80. The Bertz CT molecular complexity index is 869. The number of nitro groups is 1. The van der Waals surface area contributed by atoms with E-state index in [1.165, 1.54) is 0 Å². The Kier molecular flexibility index (Phi) is 4.61. The van der Waals surface area contributed by atoms with Crippen LogP contribution in [0.25, 0.3) is 21.7 Å². The van der Waals surface area contributed by atoms with Crippen molar-refractivity contribution in [2.75, 3.05) is 0 Å². The zero-order valence-electron chi connectivity index (χ0n) is 12.1. The topological polar surface area (TPSA) is 164 Å². The Morgan fingerprint density at radius 1 is 1.40 bits per heavy atom. The van der Waals surface area contributed by atoms with Gasteiger partial charge >= 0.3 is 11.9 Å².